The SMILES string of the molecule is CC(C)C(NC(=O)C(CS)NC(=O)C(N)Cc1cnc[nH]1)C(=O)NC(CCC(N)=O)C(=O)O. The summed E-state index contributed by atoms with van der Waals surface area (Å²) in [6, 6.07) is -4.51. The van der Waals surface area contributed by atoms with E-state index in [0.29, 0.717) is 5.69 Å². The third-order valence-electron chi connectivity index (χ3n) is 4.69. The molecule has 0 bridgehead atoms. The van der Waals surface area contributed by atoms with Crippen LogP contribution in [0.3, 0.4) is 0 Å². The first-order valence-corrected chi connectivity index (χ1v) is 10.8. The Morgan fingerprint density at radius 1 is 1.09 bits per heavy atom. The predicted molar refractivity (Wildman–Crippen MR) is 121 cm³/mol. The van der Waals surface area contributed by atoms with Crippen LogP contribution in [0, 0.1) is 5.92 Å². The maximum Gasteiger partial charge on any atom is 0.326 e. The summed E-state index contributed by atoms with van der Waals surface area (Å²) < 4.78 is 0. The van der Waals surface area contributed by atoms with E-state index in [2.05, 4.69) is 38.5 Å². The Morgan fingerprint density at radius 2 is 1.73 bits per heavy atom. The molecular weight excluding hydrogens is 454 g/mol. The van der Waals surface area contributed by atoms with Gasteiger partial charge < -0.3 is 37.5 Å². The largest absolute Gasteiger partial charge is 0.480 e. The zero-order valence-electron chi connectivity index (χ0n) is 18.4. The van der Waals surface area contributed by atoms with Gasteiger partial charge in [0.25, 0.3) is 0 Å². The molecule has 4 amide bonds. The third-order valence-corrected chi connectivity index (χ3v) is 5.05. The molecule has 0 aromatic carbocycles. The summed E-state index contributed by atoms with van der Waals surface area (Å²) in [6.45, 7) is 3.30. The van der Waals surface area contributed by atoms with Gasteiger partial charge in [-0.25, -0.2) is 9.78 Å². The number of amides is 4. The van der Waals surface area contributed by atoms with Crippen LogP contribution in [-0.2, 0) is 30.4 Å². The topological polar surface area (TPSA) is 222 Å². The fourth-order valence-corrected chi connectivity index (χ4v) is 3.05. The van der Waals surface area contributed by atoms with Crippen molar-refractivity contribution in [2.45, 2.75) is 57.3 Å². The lowest BCUT2D eigenvalue weighted by Gasteiger charge is -2.26. The Kier molecular flexibility index (Phi) is 11.4. The van der Waals surface area contributed by atoms with Crippen LogP contribution < -0.4 is 27.4 Å². The van der Waals surface area contributed by atoms with E-state index in [1.165, 1.54) is 12.5 Å². The molecule has 14 heteroatoms. The van der Waals surface area contributed by atoms with E-state index in [4.69, 9.17) is 11.5 Å². The van der Waals surface area contributed by atoms with E-state index >= 15 is 0 Å². The van der Waals surface area contributed by atoms with Crippen molar-refractivity contribution >= 4 is 42.2 Å². The highest BCUT2D eigenvalue weighted by Gasteiger charge is 2.31. The van der Waals surface area contributed by atoms with Gasteiger partial charge in [0.1, 0.15) is 18.1 Å². The summed E-state index contributed by atoms with van der Waals surface area (Å²) in [5, 5.41) is 16.6. The summed E-state index contributed by atoms with van der Waals surface area (Å²) in [6.07, 6.45) is 2.71. The van der Waals surface area contributed by atoms with Crippen LogP contribution in [0.4, 0.5) is 0 Å². The number of carboxylic acid groups (broad SMARTS) is 1. The van der Waals surface area contributed by atoms with E-state index in [-0.39, 0.29) is 25.0 Å². The smallest absolute Gasteiger partial charge is 0.326 e. The van der Waals surface area contributed by atoms with Gasteiger partial charge in [-0.05, 0) is 12.3 Å². The van der Waals surface area contributed by atoms with Crippen LogP contribution in [0.15, 0.2) is 12.5 Å². The lowest BCUT2D eigenvalue weighted by Crippen LogP contribution is -2.59. The summed E-state index contributed by atoms with van der Waals surface area (Å²) in [4.78, 5) is 66.7. The minimum absolute atomic E-state index is 0.0723. The van der Waals surface area contributed by atoms with E-state index in [9.17, 15) is 29.1 Å². The van der Waals surface area contributed by atoms with E-state index in [1.807, 2.05) is 0 Å². The summed E-state index contributed by atoms with van der Waals surface area (Å²) in [7, 11) is 0. The van der Waals surface area contributed by atoms with Crippen LogP contribution in [0.1, 0.15) is 32.4 Å². The Hall–Kier alpha value is -3.13. The zero-order valence-corrected chi connectivity index (χ0v) is 19.3. The number of hydrogen-bond donors (Lipinski definition) is 8. The molecule has 1 heterocycles. The van der Waals surface area contributed by atoms with E-state index in [0.717, 1.165) is 0 Å². The molecule has 1 aromatic heterocycles. The maximum atomic E-state index is 12.7. The molecule has 0 aliphatic heterocycles. The number of carboxylic acids is 1. The van der Waals surface area contributed by atoms with E-state index < -0.39 is 59.7 Å². The fraction of sp³-hybridized carbons (Fsp3) is 0.579. The number of aromatic amines is 1. The molecule has 0 fully saturated rings. The molecule has 184 valence electrons. The van der Waals surface area contributed by atoms with Gasteiger partial charge in [0.2, 0.25) is 23.6 Å². The summed E-state index contributed by atoms with van der Waals surface area (Å²) >= 11 is 4.09. The van der Waals surface area contributed by atoms with Crippen LogP contribution in [0.2, 0.25) is 0 Å². The number of hydrogen-bond acceptors (Lipinski definition) is 8. The van der Waals surface area contributed by atoms with Crippen molar-refractivity contribution in [2.24, 2.45) is 17.4 Å². The molecule has 9 N–H and O–H groups in total. The van der Waals surface area contributed by atoms with Crippen molar-refractivity contribution in [3.8, 4) is 0 Å². The van der Waals surface area contributed by atoms with Gasteiger partial charge in [-0.2, -0.15) is 12.6 Å². The molecule has 0 radical (unpaired) electrons. The number of nitrogens with two attached hydrogens (primary N) is 2. The highest BCUT2D eigenvalue weighted by atomic mass is 32.1. The second-order valence-electron chi connectivity index (χ2n) is 7.77. The van der Waals surface area contributed by atoms with Gasteiger partial charge in [0.15, 0.2) is 0 Å². The average Bonchev–Trinajstić information content (AvgIpc) is 3.24. The Labute approximate surface area is 196 Å². The molecule has 0 saturated carbocycles. The molecule has 1 rings (SSSR count). The third kappa shape index (κ3) is 9.49. The number of carbonyl (C=O) groups is 5. The quantitative estimate of drug-likeness (QED) is 0.133. The highest BCUT2D eigenvalue weighted by molar-refractivity contribution is 7.80. The number of nitrogens with one attached hydrogen (secondary N) is 4. The molecule has 4 atom stereocenters. The van der Waals surface area contributed by atoms with Crippen LogP contribution >= 0.6 is 12.6 Å². The van der Waals surface area contributed by atoms with Crippen molar-refractivity contribution in [3.05, 3.63) is 18.2 Å². The number of aromatic nitrogens is 2. The van der Waals surface area contributed by atoms with Crippen molar-refractivity contribution in [2.75, 3.05) is 5.75 Å². The first-order valence-electron chi connectivity index (χ1n) is 10.2. The fourth-order valence-electron chi connectivity index (χ4n) is 2.79. The second-order valence-corrected chi connectivity index (χ2v) is 8.13. The van der Waals surface area contributed by atoms with Crippen molar-refractivity contribution in [1.82, 2.24) is 25.9 Å². The van der Waals surface area contributed by atoms with Gasteiger partial charge >= 0.3 is 5.97 Å². The van der Waals surface area contributed by atoms with Crippen LogP contribution in [-0.4, -0.2) is 74.6 Å². The monoisotopic (exact) mass is 485 g/mol. The van der Waals surface area contributed by atoms with E-state index in [1.54, 1.807) is 13.8 Å². The highest BCUT2D eigenvalue weighted by Crippen LogP contribution is 2.06. The number of H-pyrrole nitrogens is 1. The molecule has 0 aliphatic carbocycles. The van der Waals surface area contributed by atoms with Gasteiger partial charge in [-0.3, -0.25) is 19.2 Å². The van der Waals surface area contributed by atoms with Crippen molar-refractivity contribution in [1.29, 1.82) is 0 Å². The molecule has 1 aromatic rings. The number of rotatable bonds is 14. The molecular formula is C19H31N7O6S. The molecule has 13 nitrogen and oxygen atoms in total. The molecule has 0 saturated heterocycles. The molecule has 4 unspecified atom stereocenters. The first kappa shape index (κ1) is 27.9. The van der Waals surface area contributed by atoms with Crippen LogP contribution in [0.5, 0.6) is 0 Å². The number of carbonyl (C=O) groups excluding carboxylic acids is 4. The van der Waals surface area contributed by atoms with Gasteiger partial charge in [-0.15, -0.1) is 0 Å². The number of primary amides is 1. The predicted octanol–water partition coefficient (Wildman–Crippen LogP) is -2.33. The lowest BCUT2D eigenvalue weighted by atomic mass is 10.0. The minimum Gasteiger partial charge on any atom is -0.480 e. The Balaban J connectivity index is 2.77. The van der Waals surface area contributed by atoms with Gasteiger partial charge in [-0.1, -0.05) is 13.8 Å². The Bertz CT molecular complexity index is 833. The minimum atomic E-state index is -1.36. The number of nitrogens with zero attached hydrogens (tertiary/aromatic N) is 1. The molecule has 33 heavy (non-hydrogen) atoms. The molecule has 0 spiro atoms. The van der Waals surface area contributed by atoms with Gasteiger partial charge in [0, 0.05) is 30.5 Å². The lowest BCUT2D eigenvalue weighted by molar-refractivity contribution is -0.143. The first-order chi connectivity index (χ1) is 15.5. The normalized spacial score (nSPS) is 14.6. The average molecular weight is 486 g/mol. The molecule has 0 aliphatic rings. The number of thiol groups is 1. The van der Waals surface area contributed by atoms with Crippen LogP contribution in [0.25, 0.3) is 0 Å². The Morgan fingerprint density at radius 3 is 2.21 bits per heavy atom. The maximum absolute atomic E-state index is 12.7. The standard InChI is InChI=1S/C19H31N7O6S/c1-9(2)15(18(30)24-12(19(31)32)3-4-14(21)27)26-17(29)13(7-33)25-16(28)11(20)5-10-6-22-8-23-10/h6,8-9,11-13,15,33H,3-5,7,20H2,1-2H3,(H2,21,27)(H,22,23)(H,24,30)(H,25,28)(H,26,29)(H,31,32). The van der Waals surface area contributed by atoms with Gasteiger partial charge in [0.05, 0.1) is 12.4 Å². The van der Waals surface area contributed by atoms with Crippen molar-refractivity contribution < 1.29 is 29.1 Å². The summed E-state index contributed by atoms with van der Waals surface area (Å²) in [5.74, 6) is -4.58. The zero-order chi connectivity index (χ0) is 25.1. The summed E-state index contributed by atoms with van der Waals surface area (Å²) in [5.41, 5.74) is 11.6. The number of imidazole rings is 1. The van der Waals surface area contributed by atoms with Crippen molar-refractivity contribution in [3.63, 3.8) is 0 Å². The number of aliphatic carboxylic acids is 1. The second kappa shape index (κ2) is 13.4.